The normalized spacial score (nSPS) is 23.5. The maximum absolute atomic E-state index is 9.26. The van der Waals surface area contributed by atoms with E-state index < -0.39 is 0 Å². The molecular formula is C13H21N3O. The minimum Gasteiger partial charge on any atom is -0.396 e. The van der Waals surface area contributed by atoms with Crippen LogP contribution < -0.4 is 5.73 Å². The lowest BCUT2D eigenvalue weighted by Gasteiger charge is -2.37. The molecule has 0 radical (unpaired) electrons. The van der Waals surface area contributed by atoms with Gasteiger partial charge in [0.25, 0.3) is 0 Å². The number of nitrogens with two attached hydrogens (primary N) is 1. The number of piperidine rings is 1. The number of aliphatic hydroxyl groups is 1. The minimum atomic E-state index is 0.186. The molecule has 0 aromatic carbocycles. The Bertz CT molecular complexity index is 331. The van der Waals surface area contributed by atoms with Gasteiger partial charge in [-0.1, -0.05) is 6.07 Å². The van der Waals surface area contributed by atoms with Crippen LogP contribution in [0.5, 0.6) is 0 Å². The lowest BCUT2D eigenvalue weighted by molar-refractivity contribution is 0.0886. The molecule has 17 heavy (non-hydrogen) atoms. The number of likely N-dealkylation sites (tertiary alicyclic amines) is 1. The first-order valence-electron chi connectivity index (χ1n) is 6.31. The van der Waals surface area contributed by atoms with Crippen LogP contribution >= 0.6 is 0 Å². The molecule has 3 N–H and O–H groups in total. The van der Waals surface area contributed by atoms with Gasteiger partial charge in [-0.05, 0) is 37.4 Å². The Kier molecular flexibility index (Phi) is 4.48. The number of aromatic nitrogens is 1. The van der Waals surface area contributed by atoms with Crippen molar-refractivity contribution < 1.29 is 5.11 Å². The van der Waals surface area contributed by atoms with Crippen LogP contribution in [0, 0.1) is 5.92 Å². The first kappa shape index (κ1) is 12.5. The van der Waals surface area contributed by atoms with E-state index in [9.17, 15) is 5.11 Å². The molecule has 0 bridgehead atoms. The van der Waals surface area contributed by atoms with Gasteiger partial charge in [-0.25, -0.2) is 0 Å². The van der Waals surface area contributed by atoms with Crippen LogP contribution in [0.25, 0.3) is 0 Å². The van der Waals surface area contributed by atoms with Gasteiger partial charge in [0.15, 0.2) is 0 Å². The monoisotopic (exact) mass is 235 g/mol. The van der Waals surface area contributed by atoms with Crippen LogP contribution in [0.15, 0.2) is 24.4 Å². The molecule has 1 aromatic rings. The van der Waals surface area contributed by atoms with Crippen LogP contribution in [0.1, 0.15) is 24.6 Å². The van der Waals surface area contributed by atoms with Crippen molar-refractivity contribution in [2.24, 2.45) is 11.7 Å². The van der Waals surface area contributed by atoms with E-state index in [0.717, 1.165) is 31.6 Å². The molecule has 4 nitrogen and oxygen atoms in total. The smallest absolute Gasteiger partial charge is 0.0644 e. The molecule has 0 spiro atoms. The number of hydrogen-bond acceptors (Lipinski definition) is 4. The number of pyridine rings is 1. The number of aliphatic hydroxyl groups excluding tert-OH is 1. The molecule has 0 saturated carbocycles. The van der Waals surface area contributed by atoms with Crippen molar-refractivity contribution in [3.63, 3.8) is 0 Å². The van der Waals surface area contributed by atoms with Gasteiger partial charge in [-0.2, -0.15) is 0 Å². The van der Waals surface area contributed by atoms with E-state index in [1.54, 1.807) is 0 Å². The zero-order chi connectivity index (χ0) is 12.1. The van der Waals surface area contributed by atoms with E-state index in [4.69, 9.17) is 5.73 Å². The lowest BCUT2D eigenvalue weighted by atomic mass is 9.96. The average molecular weight is 235 g/mol. The molecule has 2 unspecified atom stereocenters. The summed E-state index contributed by atoms with van der Waals surface area (Å²) in [5.74, 6) is 0.390. The van der Waals surface area contributed by atoms with Gasteiger partial charge in [0.05, 0.1) is 11.7 Å². The first-order valence-corrected chi connectivity index (χ1v) is 6.31. The summed E-state index contributed by atoms with van der Waals surface area (Å²) in [6, 6.07) is 6.13. The molecule has 0 aliphatic carbocycles. The molecule has 1 fully saturated rings. The lowest BCUT2D eigenvalue weighted by Crippen LogP contribution is -2.42. The van der Waals surface area contributed by atoms with Gasteiger partial charge in [-0.15, -0.1) is 0 Å². The largest absolute Gasteiger partial charge is 0.396 e. The van der Waals surface area contributed by atoms with Crippen LogP contribution in [0.3, 0.4) is 0 Å². The molecule has 0 amide bonds. The van der Waals surface area contributed by atoms with Crippen LogP contribution in [0.2, 0.25) is 0 Å². The fraction of sp³-hybridized carbons (Fsp3) is 0.615. The van der Waals surface area contributed by atoms with Crippen LogP contribution in [-0.2, 0) is 0 Å². The standard InChI is InChI=1S/C13H21N3O/c14-8-13(12-5-1-2-6-15-12)16-7-3-4-11(9-16)10-17/h1-2,5-6,11,13,17H,3-4,7-10,14H2. The first-order chi connectivity index (χ1) is 8.35. The molecule has 4 heteroatoms. The predicted octanol–water partition coefficient (Wildman–Crippen LogP) is 0.786. The van der Waals surface area contributed by atoms with E-state index in [2.05, 4.69) is 9.88 Å². The fourth-order valence-corrected chi connectivity index (χ4v) is 2.56. The molecule has 1 saturated heterocycles. The maximum atomic E-state index is 9.26. The van der Waals surface area contributed by atoms with Crippen molar-refractivity contribution in [3.8, 4) is 0 Å². The topological polar surface area (TPSA) is 62.4 Å². The zero-order valence-electron chi connectivity index (χ0n) is 10.1. The van der Waals surface area contributed by atoms with Crippen molar-refractivity contribution in [2.45, 2.75) is 18.9 Å². The van der Waals surface area contributed by atoms with Crippen LogP contribution in [0.4, 0.5) is 0 Å². The van der Waals surface area contributed by atoms with E-state index in [1.807, 2.05) is 24.4 Å². The van der Waals surface area contributed by atoms with Crippen molar-refractivity contribution in [2.75, 3.05) is 26.2 Å². The molecule has 2 atom stereocenters. The van der Waals surface area contributed by atoms with Gasteiger partial charge < -0.3 is 10.8 Å². The Morgan fingerprint density at radius 2 is 2.41 bits per heavy atom. The van der Waals surface area contributed by atoms with Gasteiger partial charge in [0, 0.05) is 25.9 Å². The Labute approximate surface area is 102 Å². The summed E-state index contributed by atoms with van der Waals surface area (Å²) < 4.78 is 0. The van der Waals surface area contributed by atoms with Crippen molar-refractivity contribution in [3.05, 3.63) is 30.1 Å². The number of rotatable bonds is 4. The second-order valence-corrected chi connectivity index (χ2v) is 4.69. The van der Waals surface area contributed by atoms with Gasteiger partial charge in [0.1, 0.15) is 0 Å². The van der Waals surface area contributed by atoms with Crippen molar-refractivity contribution in [1.82, 2.24) is 9.88 Å². The summed E-state index contributed by atoms with van der Waals surface area (Å²) in [5, 5.41) is 9.26. The molecule has 1 aromatic heterocycles. The highest BCUT2D eigenvalue weighted by Gasteiger charge is 2.26. The van der Waals surface area contributed by atoms with Gasteiger partial charge >= 0.3 is 0 Å². The highest BCUT2D eigenvalue weighted by molar-refractivity contribution is 5.09. The SMILES string of the molecule is NCC(c1ccccn1)N1CCCC(CO)C1. The summed E-state index contributed by atoms with van der Waals surface area (Å²) in [5.41, 5.74) is 6.91. The Morgan fingerprint density at radius 3 is 3.06 bits per heavy atom. The molecular weight excluding hydrogens is 214 g/mol. The quantitative estimate of drug-likeness (QED) is 0.810. The van der Waals surface area contributed by atoms with Crippen molar-refractivity contribution in [1.29, 1.82) is 0 Å². The summed E-state index contributed by atoms with van der Waals surface area (Å²) >= 11 is 0. The number of hydrogen-bond donors (Lipinski definition) is 2. The third kappa shape index (κ3) is 3.03. The van der Waals surface area contributed by atoms with Gasteiger partial charge in [0.2, 0.25) is 0 Å². The molecule has 1 aliphatic rings. The second-order valence-electron chi connectivity index (χ2n) is 4.69. The summed E-state index contributed by atoms with van der Waals surface area (Å²) in [6.45, 7) is 2.83. The average Bonchev–Trinajstić information content (AvgIpc) is 2.41. The van der Waals surface area contributed by atoms with Gasteiger partial charge in [-0.3, -0.25) is 9.88 Å². The van der Waals surface area contributed by atoms with E-state index in [-0.39, 0.29) is 12.6 Å². The van der Waals surface area contributed by atoms with E-state index in [0.29, 0.717) is 12.5 Å². The Morgan fingerprint density at radius 1 is 1.53 bits per heavy atom. The number of nitrogens with zero attached hydrogens (tertiary/aromatic N) is 2. The second kappa shape index (κ2) is 6.10. The molecule has 2 heterocycles. The van der Waals surface area contributed by atoms with E-state index >= 15 is 0 Å². The fourth-order valence-electron chi connectivity index (χ4n) is 2.56. The summed E-state index contributed by atoms with van der Waals surface area (Å²) in [6.07, 6.45) is 4.06. The van der Waals surface area contributed by atoms with Crippen molar-refractivity contribution >= 4 is 0 Å². The summed E-state index contributed by atoms with van der Waals surface area (Å²) in [4.78, 5) is 6.75. The van der Waals surface area contributed by atoms with E-state index in [1.165, 1.54) is 0 Å². The minimum absolute atomic E-state index is 0.186. The Hall–Kier alpha value is -0.970. The summed E-state index contributed by atoms with van der Waals surface area (Å²) in [7, 11) is 0. The predicted molar refractivity (Wildman–Crippen MR) is 67.4 cm³/mol. The highest BCUT2D eigenvalue weighted by atomic mass is 16.3. The molecule has 1 aliphatic heterocycles. The third-order valence-electron chi connectivity index (χ3n) is 3.50. The highest BCUT2D eigenvalue weighted by Crippen LogP contribution is 2.24. The maximum Gasteiger partial charge on any atom is 0.0644 e. The molecule has 2 rings (SSSR count). The third-order valence-corrected chi connectivity index (χ3v) is 3.50. The molecule has 94 valence electrons. The van der Waals surface area contributed by atoms with Crippen LogP contribution in [-0.4, -0.2) is 41.2 Å². The Balaban J connectivity index is 2.08. The zero-order valence-corrected chi connectivity index (χ0v) is 10.1.